The molecule has 0 aliphatic heterocycles. The lowest BCUT2D eigenvalue weighted by molar-refractivity contribution is 0.506. The maximum Gasteiger partial charge on any atom is 0.133 e. The van der Waals surface area contributed by atoms with Crippen LogP contribution in [0.3, 0.4) is 0 Å². The fourth-order valence-electron chi connectivity index (χ4n) is 2.23. The van der Waals surface area contributed by atoms with Crippen molar-refractivity contribution in [2.24, 2.45) is 7.05 Å². The zero-order valence-corrected chi connectivity index (χ0v) is 10.6. The fraction of sp³-hybridized carbons (Fsp3) is 0.692. The van der Waals surface area contributed by atoms with E-state index in [1.165, 1.54) is 32.1 Å². The van der Waals surface area contributed by atoms with Gasteiger partial charge in [0.2, 0.25) is 0 Å². The third-order valence-corrected chi connectivity index (χ3v) is 3.31. The second kappa shape index (κ2) is 6.55. The summed E-state index contributed by atoms with van der Waals surface area (Å²) in [4.78, 5) is 0. The zero-order valence-electron chi connectivity index (χ0n) is 10.6. The third-order valence-electron chi connectivity index (χ3n) is 3.31. The van der Waals surface area contributed by atoms with Gasteiger partial charge in [0.1, 0.15) is 12.2 Å². The molecule has 0 radical (unpaired) electrons. The van der Waals surface area contributed by atoms with Gasteiger partial charge in [-0.15, -0.1) is 10.2 Å². The number of nitrogens with zero attached hydrogens (tertiary/aromatic N) is 3. The molecule has 0 aromatic carbocycles. The topological polar surface area (TPSA) is 42.7 Å². The second-order valence-electron chi connectivity index (χ2n) is 4.73. The largest absolute Gasteiger partial charge is 0.321 e. The highest BCUT2D eigenvalue weighted by Gasteiger charge is 2.07. The van der Waals surface area contributed by atoms with Crippen molar-refractivity contribution in [1.82, 2.24) is 20.1 Å². The Balaban J connectivity index is 1.73. The average molecular weight is 234 g/mol. The summed E-state index contributed by atoms with van der Waals surface area (Å²) in [5, 5.41) is 11.6. The smallest absolute Gasteiger partial charge is 0.133 e. The van der Waals surface area contributed by atoms with E-state index in [1.54, 1.807) is 6.33 Å². The molecule has 0 saturated heterocycles. The van der Waals surface area contributed by atoms with Crippen LogP contribution in [-0.4, -0.2) is 27.4 Å². The molecule has 1 aliphatic rings. The van der Waals surface area contributed by atoms with E-state index in [1.807, 2.05) is 11.6 Å². The first-order valence-electron chi connectivity index (χ1n) is 6.59. The lowest BCUT2D eigenvalue weighted by atomic mass is 10.0. The summed E-state index contributed by atoms with van der Waals surface area (Å²) in [6.07, 6.45) is 13.9. The van der Waals surface area contributed by atoms with Crippen LogP contribution in [0.4, 0.5) is 0 Å². The van der Waals surface area contributed by atoms with E-state index in [0.29, 0.717) is 6.04 Å². The molecule has 0 amide bonds. The molecule has 1 aromatic heterocycles. The molecule has 1 aliphatic carbocycles. The molecule has 1 aromatic rings. The van der Waals surface area contributed by atoms with Gasteiger partial charge in [-0.2, -0.15) is 0 Å². The maximum atomic E-state index is 4.09. The minimum Gasteiger partial charge on any atom is -0.321 e. The van der Waals surface area contributed by atoms with Crippen molar-refractivity contribution in [3.05, 3.63) is 24.3 Å². The predicted molar refractivity (Wildman–Crippen MR) is 68.7 cm³/mol. The van der Waals surface area contributed by atoms with Crippen LogP contribution >= 0.6 is 0 Å². The summed E-state index contributed by atoms with van der Waals surface area (Å²) in [5.41, 5.74) is 0. The van der Waals surface area contributed by atoms with Gasteiger partial charge in [-0.1, -0.05) is 25.0 Å². The Kier molecular flexibility index (Phi) is 4.74. The number of hydrogen-bond acceptors (Lipinski definition) is 3. The highest BCUT2D eigenvalue weighted by Crippen LogP contribution is 2.11. The van der Waals surface area contributed by atoms with Crippen LogP contribution in [0.2, 0.25) is 0 Å². The zero-order chi connectivity index (χ0) is 11.9. The fourth-order valence-corrected chi connectivity index (χ4v) is 2.23. The summed E-state index contributed by atoms with van der Waals surface area (Å²) in [6, 6.07) is 0.545. The van der Waals surface area contributed by atoms with Crippen LogP contribution in [0.5, 0.6) is 0 Å². The van der Waals surface area contributed by atoms with E-state index in [9.17, 15) is 0 Å². The van der Waals surface area contributed by atoms with Gasteiger partial charge in [0.05, 0.1) is 0 Å². The van der Waals surface area contributed by atoms with E-state index in [0.717, 1.165) is 18.8 Å². The molecule has 1 heterocycles. The van der Waals surface area contributed by atoms with E-state index < -0.39 is 0 Å². The van der Waals surface area contributed by atoms with E-state index in [-0.39, 0.29) is 0 Å². The number of hydrogen-bond donors (Lipinski definition) is 1. The monoisotopic (exact) mass is 234 g/mol. The van der Waals surface area contributed by atoms with Crippen LogP contribution in [0.15, 0.2) is 18.5 Å². The average Bonchev–Trinajstić information content (AvgIpc) is 2.67. The van der Waals surface area contributed by atoms with Gasteiger partial charge in [-0.3, -0.25) is 0 Å². The Bertz CT molecular complexity index is 356. The molecular weight excluding hydrogens is 212 g/mol. The number of rotatable bonds is 4. The molecule has 1 N–H and O–H groups in total. The Morgan fingerprint density at radius 3 is 3.18 bits per heavy atom. The molecule has 0 bridgehead atoms. The van der Waals surface area contributed by atoms with Crippen molar-refractivity contribution in [2.45, 2.75) is 44.6 Å². The molecule has 2 rings (SSSR count). The molecule has 0 spiro atoms. The van der Waals surface area contributed by atoms with Crippen LogP contribution in [0.25, 0.3) is 0 Å². The van der Waals surface area contributed by atoms with Crippen molar-refractivity contribution < 1.29 is 0 Å². The molecule has 1 unspecified atom stereocenters. The molecule has 0 fully saturated rings. The van der Waals surface area contributed by atoms with Crippen LogP contribution in [-0.2, 0) is 13.5 Å². The SMILES string of the molecule is Cn1cnnc1CCNC1/C=C/CCCCC1. The lowest BCUT2D eigenvalue weighted by Crippen LogP contribution is -2.30. The van der Waals surface area contributed by atoms with Crippen molar-refractivity contribution >= 4 is 0 Å². The van der Waals surface area contributed by atoms with Crippen molar-refractivity contribution in [2.75, 3.05) is 6.54 Å². The minimum atomic E-state index is 0.545. The quantitative estimate of drug-likeness (QED) is 0.808. The van der Waals surface area contributed by atoms with Gasteiger partial charge in [-0.05, 0) is 19.3 Å². The van der Waals surface area contributed by atoms with Gasteiger partial charge in [0.15, 0.2) is 0 Å². The molecule has 4 heteroatoms. The van der Waals surface area contributed by atoms with Crippen LogP contribution < -0.4 is 5.32 Å². The van der Waals surface area contributed by atoms with E-state index >= 15 is 0 Å². The highest BCUT2D eigenvalue weighted by molar-refractivity contribution is 4.95. The molecule has 94 valence electrons. The van der Waals surface area contributed by atoms with Gasteiger partial charge in [0, 0.05) is 26.1 Å². The van der Waals surface area contributed by atoms with E-state index in [4.69, 9.17) is 0 Å². The summed E-state index contributed by atoms with van der Waals surface area (Å²) in [5.74, 6) is 1.05. The van der Waals surface area contributed by atoms with Crippen LogP contribution in [0.1, 0.15) is 37.9 Å². The second-order valence-corrected chi connectivity index (χ2v) is 4.73. The highest BCUT2D eigenvalue weighted by atomic mass is 15.2. The Morgan fingerprint density at radius 2 is 2.35 bits per heavy atom. The first-order valence-corrected chi connectivity index (χ1v) is 6.59. The molecule has 1 atom stereocenters. The third kappa shape index (κ3) is 3.97. The lowest BCUT2D eigenvalue weighted by Gasteiger charge is -2.16. The number of nitrogens with one attached hydrogen (secondary N) is 1. The van der Waals surface area contributed by atoms with Gasteiger partial charge in [0.25, 0.3) is 0 Å². The number of allylic oxidation sites excluding steroid dienone is 1. The normalized spacial score (nSPS) is 23.0. The summed E-state index contributed by atoms with van der Waals surface area (Å²) in [6.45, 7) is 0.974. The van der Waals surface area contributed by atoms with Crippen LogP contribution in [0, 0.1) is 0 Å². The van der Waals surface area contributed by atoms with E-state index in [2.05, 4.69) is 27.7 Å². The van der Waals surface area contributed by atoms with Gasteiger partial charge < -0.3 is 9.88 Å². The van der Waals surface area contributed by atoms with Crippen molar-refractivity contribution in [3.8, 4) is 0 Å². The Morgan fingerprint density at radius 1 is 1.41 bits per heavy atom. The number of aromatic nitrogens is 3. The first-order chi connectivity index (χ1) is 8.36. The number of aryl methyl sites for hydroxylation is 1. The van der Waals surface area contributed by atoms with Crippen molar-refractivity contribution in [1.29, 1.82) is 0 Å². The Labute approximate surface area is 103 Å². The summed E-state index contributed by atoms with van der Waals surface area (Å²) < 4.78 is 1.98. The minimum absolute atomic E-state index is 0.545. The standard InChI is InChI=1S/C13H22N4/c1-17-11-15-16-13(17)9-10-14-12-7-5-3-2-4-6-8-12/h5,7,11-12,14H,2-4,6,8-10H2,1H3/b7-5+. The molecular formula is C13H22N4. The Hall–Kier alpha value is -1.16. The van der Waals surface area contributed by atoms with Gasteiger partial charge in [-0.25, -0.2) is 0 Å². The predicted octanol–water partition coefficient (Wildman–Crippen LogP) is 1.84. The molecule has 4 nitrogen and oxygen atoms in total. The molecule has 17 heavy (non-hydrogen) atoms. The summed E-state index contributed by atoms with van der Waals surface area (Å²) in [7, 11) is 1.99. The summed E-state index contributed by atoms with van der Waals surface area (Å²) >= 11 is 0. The maximum absolute atomic E-state index is 4.09. The molecule has 0 saturated carbocycles. The van der Waals surface area contributed by atoms with Gasteiger partial charge >= 0.3 is 0 Å². The first kappa shape index (κ1) is 12.3. The van der Waals surface area contributed by atoms with Crippen molar-refractivity contribution in [3.63, 3.8) is 0 Å².